The molecule has 16 heavy (non-hydrogen) atoms. The van der Waals surface area contributed by atoms with Crippen LogP contribution in [-0.2, 0) is 6.54 Å². The highest BCUT2D eigenvalue weighted by molar-refractivity contribution is 5.57. The Morgan fingerprint density at radius 2 is 1.94 bits per heavy atom. The lowest BCUT2D eigenvalue weighted by Crippen LogP contribution is -1.96. The van der Waals surface area contributed by atoms with Crippen molar-refractivity contribution < 1.29 is 0 Å². The highest BCUT2D eigenvalue weighted by atomic mass is 15.0. The molecule has 82 valence electrons. The van der Waals surface area contributed by atoms with E-state index >= 15 is 0 Å². The van der Waals surface area contributed by atoms with E-state index in [1.165, 1.54) is 0 Å². The average molecular weight is 213 g/mol. The van der Waals surface area contributed by atoms with E-state index in [0.717, 1.165) is 30.6 Å². The largest absolute Gasteiger partial charge is 0.337 e. The van der Waals surface area contributed by atoms with Gasteiger partial charge in [0.05, 0.1) is 12.0 Å². The molecule has 0 amide bonds. The fourth-order valence-electron chi connectivity index (χ4n) is 1.65. The second kappa shape index (κ2) is 5.47. The highest BCUT2D eigenvalue weighted by Gasteiger charge is 2.00. The summed E-state index contributed by atoms with van der Waals surface area (Å²) in [6.45, 7) is 1.18. The molecule has 0 aliphatic heterocycles. The molecular weight excluding hydrogens is 198 g/mol. The molecule has 0 atom stereocenters. The van der Waals surface area contributed by atoms with Crippen LogP contribution in [0.2, 0.25) is 0 Å². The standard InChI is InChI=1S/C13H15N3/c14-8-4-5-9-16-10-13(15-11-16)12-6-2-1-3-7-12/h1-3,6-7,10-11H,4-5,8-9H2. The van der Waals surface area contributed by atoms with Crippen LogP contribution in [0.1, 0.15) is 12.8 Å². The number of benzene rings is 1. The quantitative estimate of drug-likeness (QED) is 0.703. The first-order valence-corrected chi connectivity index (χ1v) is 5.58. The first-order chi connectivity index (χ1) is 7.90. The van der Waals surface area contributed by atoms with Gasteiger partial charge in [-0.25, -0.2) is 4.98 Å². The van der Waals surface area contributed by atoms with Gasteiger partial charge in [-0.15, -0.1) is 5.73 Å². The molecule has 0 N–H and O–H groups in total. The summed E-state index contributed by atoms with van der Waals surface area (Å²) in [5.41, 5.74) is 10.8. The van der Waals surface area contributed by atoms with E-state index in [1.807, 2.05) is 30.7 Å². The van der Waals surface area contributed by atoms with Crippen molar-refractivity contribution in [3.05, 3.63) is 42.9 Å². The molecule has 0 unspecified atom stereocenters. The third-order valence-electron chi connectivity index (χ3n) is 2.53. The van der Waals surface area contributed by atoms with Crippen molar-refractivity contribution in [3.63, 3.8) is 0 Å². The van der Waals surface area contributed by atoms with Gasteiger partial charge in [-0.3, -0.25) is 0 Å². The van der Waals surface area contributed by atoms with Crippen molar-refractivity contribution in [3.8, 4) is 11.3 Å². The Bertz CT molecular complexity index is 420. The van der Waals surface area contributed by atoms with E-state index in [2.05, 4.69) is 21.7 Å². The number of unbranched alkanes of at least 4 members (excludes halogenated alkanes) is 1. The number of aryl methyl sites for hydroxylation is 1. The maximum atomic E-state index is 8.70. The molecule has 0 aliphatic rings. The fourth-order valence-corrected chi connectivity index (χ4v) is 1.65. The average Bonchev–Trinajstić information content (AvgIpc) is 2.79. The topological polar surface area (TPSA) is 40.1 Å². The first-order valence-electron chi connectivity index (χ1n) is 5.58. The molecule has 1 aromatic heterocycles. The SMILES string of the molecule is [N]CCCCn1cnc(-c2ccccc2)c1. The van der Waals surface area contributed by atoms with E-state index in [0.29, 0.717) is 0 Å². The van der Waals surface area contributed by atoms with Gasteiger partial charge in [0, 0.05) is 24.8 Å². The van der Waals surface area contributed by atoms with Crippen LogP contribution < -0.4 is 5.73 Å². The number of nitrogens with zero attached hydrogens (tertiary/aromatic N) is 3. The van der Waals surface area contributed by atoms with Gasteiger partial charge in [-0.05, 0) is 12.8 Å². The maximum absolute atomic E-state index is 8.70. The molecule has 3 nitrogen and oxygen atoms in total. The summed E-state index contributed by atoms with van der Waals surface area (Å²) in [5, 5.41) is 0. The van der Waals surface area contributed by atoms with Crippen LogP contribution in [0.5, 0.6) is 0 Å². The van der Waals surface area contributed by atoms with Crippen LogP contribution in [0, 0.1) is 0 Å². The van der Waals surface area contributed by atoms with Gasteiger partial charge in [0.1, 0.15) is 0 Å². The van der Waals surface area contributed by atoms with Gasteiger partial charge < -0.3 is 4.57 Å². The molecule has 1 aromatic carbocycles. The van der Waals surface area contributed by atoms with Gasteiger partial charge in [-0.1, -0.05) is 30.3 Å². The monoisotopic (exact) mass is 213 g/mol. The summed E-state index contributed by atoms with van der Waals surface area (Å²) < 4.78 is 2.07. The Morgan fingerprint density at radius 1 is 1.12 bits per heavy atom. The summed E-state index contributed by atoms with van der Waals surface area (Å²) >= 11 is 0. The Morgan fingerprint density at radius 3 is 2.69 bits per heavy atom. The minimum Gasteiger partial charge on any atom is -0.337 e. The molecule has 0 saturated heterocycles. The predicted molar refractivity (Wildman–Crippen MR) is 63.9 cm³/mol. The molecule has 0 aliphatic carbocycles. The molecule has 1 heterocycles. The summed E-state index contributed by atoms with van der Waals surface area (Å²) in [4.78, 5) is 4.37. The van der Waals surface area contributed by atoms with Gasteiger partial charge >= 0.3 is 0 Å². The summed E-state index contributed by atoms with van der Waals surface area (Å²) in [6.07, 6.45) is 5.73. The number of rotatable bonds is 5. The highest BCUT2D eigenvalue weighted by Crippen LogP contribution is 2.15. The van der Waals surface area contributed by atoms with E-state index in [-0.39, 0.29) is 6.54 Å². The second-order valence-corrected chi connectivity index (χ2v) is 3.79. The molecule has 0 spiro atoms. The zero-order valence-corrected chi connectivity index (χ0v) is 9.21. The zero-order valence-electron chi connectivity index (χ0n) is 9.21. The first kappa shape index (κ1) is 10.9. The van der Waals surface area contributed by atoms with Crippen LogP contribution in [0.25, 0.3) is 11.3 Å². The van der Waals surface area contributed by atoms with E-state index in [9.17, 15) is 0 Å². The van der Waals surface area contributed by atoms with Gasteiger partial charge in [-0.2, -0.15) is 0 Å². The number of hydrogen-bond donors (Lipinski definition) is 0. The molecular formula is C13H15N3. The van der Waals surface area contributed by atoms with Gasteiger partial charge in [0.25, 0.3) is 0 Å². The molecule has 2 rings (SSSR count). The zero-order chi connectivity index (χ0) is 11.2. The normalized spacial score (nSPS) is 10.6. The van der Waals surface area contributed by atoms with Crippen molar-refractivity contribution in [2.45, 2.75) is 19.4 Å². The lowest BCUT2D eigenvalue weighted by atomic mass is 10.2. The molecule has 0 bridgehead atoms. The van der Waals surface area contributed by atoms with Crippen molar-refractivity contribution >= 4 is 0 Å². The van der Waals surface area contributed by atoms with Crippen LogP contribution in [0.4, 0.5) is 0 Å². The lowest BCUT2D eigenvalue weighted by Gasteiger charge is -1.99. The number of hydrogen-bond acceptors (Lipinski definition) is 1. The Labute approximate surface area is 95.9 Å². The van der Waals surface area contributed by atoms with Crippen molar-refractivity contribution in [2.24, 2.45) is 0 Å². The van der Waals surface area contributed by atoms with E-state index in [4.69, 9.17) is 5.73 Å². The molecule has 3 heteroatoms. The Kier molecular flexibility index (Phi) is 3.72. The molecule has 0 saturated carbocycles. The summed E-state index contributed by atoms with van der Waals surface area (Å²) in [6, 6.07) is 10.1. The Balaban J connectivity index is 2.02. The lowest BCUT2D eigenvalue weighted by molar-refractivity contribution is 0.611. The maximum Gasteiger partial charge on any atom is 0.0953 e. The van der Waals surface area contributed by atoms with Gasteiger partial charge in [0.15, 0.2) is 0 Å². The van der Waals surface area contributed by atoms with Crippen LogP contribution in [0.3, 0.4) is 0 Å². The molecule has 0 fully saturated rings. The van der Waals surface area contributed by atoms with E-state index < -0.39 is 0 Å². The van der Waals surface area contributed by atoms with Crippen LogP contribution in [0.15, 0.2) is 42.9 Å². The van der Waals surface area contributed by atoms with Crippen molar-refractivity contribution in [1.82, 2.24) is 15.3 Å². The fraction of sp³-hybridized carbons (Fsp3) is 0.308. The second-order valence-electron chi connectivity index (χ2n) is 3.79. The minimum absolute atomic E-state index is 0.264. The number of aromatic nitrogens is 2. The minimum atomic E-state index is 0.264. The summed E-state index contributed by atoms with van der Waals surface area (Å²) in [7, 11) is 0. The van der Waals surface area contributed by atoms with E-state index in [1.54, 1.807) is 0 Å². The molecule has 2 aromatic rings. The number of imidazole rings is 1. The van der Waals surface area contributed by atoms with Crippen LogP contribution >= 0.6 is 0 Å². The third-order valence-corrected chi connectivity index (χ3v) is 2.53. The molecule has 2 radical (unpaired) electrons. The smallest absolute Gasteiger partial charge is 0.0953 e. The van der Waals surface area contributed by atoms with Gasteiger partial charge in [0.2, 0.25) is 0 Å². The van der Waals surface area contributed by atoms with Crippen molar-refractivity contribution in [2.75, 3.05) is 6.54 Å². The van der Waals surface area contributed by atoms with Crippen molar-refractivity contribution in [1.29, 1.82) is 0 Å². The third kappa shape index (κ3) is 2.70. The Hall–Kier alpha value is -1.61. The summed E-state index contributed by atoms with van der Waals surface area (Å²) in [5.74, 6) is 0. The van der Waals surface area contributed by atoms with Crippen LogP contribution in [-0.4, -0.2) is 16.1 Å². The predicted octanol–water partition coefficient (Wildman–Crippen LogP) is 2.40.